The molecule has 3 rings (SSSR count). The molecule has 0 saturated heterocycles. The Labute approximate surface area is 127 Å². The normalized spacial score (nSPS) is 11.0. The number of aryl methyl sites for hydroxylation is 1. The lowest BCUT2D eigenvalue weighted by molar-refractivity contribution is 0.412. The number of fused-ring (bicyclic) bond motifs is 1. The SMILES string of the molecule is CCn1c(-c2cc(OC)ccc2O)nc2ccc(Cl)cc21. The third-order valence-corrected chi connectivity index (χ3v) is 3.71. The van der Waals surface area contributed by atoms with Gasteiger partial charge in [0, 0.05) is 11.6 Å². The largest absolute Gasteiger partial charge is 0.507 e. The Morgan fingerprint density at radius 1 is 1.24 bits per heavy atom. The second-order valence-electron chi connectivity index (χ2n) is 4.70. The van der Waals surface area contributed by atoms with Crippen LogP contribution >= 0.6 is 11.6 Å². The number of halogens is 1. The van der Waals surface area contributed by atoms with Crippen molar-refractivity contribution in [1.29, 1.82) is 0 Å². The summed E-state index contributed by atoms with van der Waals surface area (Å²) in [5, 5.41) is 10.8. The molecule has 0 unspecified atom stereocenters. The number of benzene rings is 2. The number of aromatic hydroxyl groups is 1. The fourth-order valence-electron chi connectivity index (χ4n) is 2.44. The molecule has 1 aromatic heterocycles. The zero-order valence-corrected chi connectivity index (χ0v) is 12.6. The van der Waals surface area contributed by atoms with E-state index in [1.807, 2.05) is 29.7 Å². The molecule has 21 heavy (non-hydrogen) atoms. The highest BCUT2D eigenvalue weighted by Gasteiger charge is 2.15. The van der Waals surface area contributed by atoms with E-state index < -0.39 is 0 Å². The van der Waals surface area contributed by atoms with Crippen LogP contribution in [-0.2, 0) is 6.54 Å². The van der Waals surface area contributed by atoms with Crippen molar-refractivity contribution in [3.05, 3.63) is 41.4 Å². The van der Waals surface area contributed by atoms with E-state index in [1.165, 1.54) is 0 Å². The lowest BCUT2D eigenvalue weighted by Crippen LogP contribution is -1.98. The summed E-state index contributed by atoms with van der Waals surface area (Å²) >= 11 is 6.07. The molecule has 0 spiro atoms. The van der Waals surface area contributed by atoms with Gasteiger partial charge in [-0.05, 0) is 43.3 Å². The minimum atomic E-state index is 0.173. The van der Waals surface area contributed by atoms with Gasteiger partial charge in [-0.15, -0.1) is 0 Å². The van der Waals surface area contributed by atoms with Gasteiger partial charge in [0.15, 0.2) is 0 Å². The smallest absolute Gasteiger partial charge is 0.145 e. The quantitative estimate of drug-likeness (QED) is 0.792. The summed E-state index contributed by atoms with van der Waals surface area (Å²) in [5.74, 6) is 1.55. The molecule has 0 amide bonds. The Morgan fingerprint density at radius 3 is 2.76 bits per heavy atom. The van der Waals surface area contributed by atoms with Crippen molar-refractivity contribution in [3.8, 4) is 22.9 Å². The van der Waals surface area contributed by atoms with Crippen molar-refractivity contribution in [2.45, 2.75) is 13.5 Å². The molecule has 1 heterocycles. The van der Waals surface area contributed by atoms with Crippen LogP contribution in [0.5, 0.6) is 11.5 Å². The number of ether oxygens (including phenoxy) is 1. The first kappa shape index (κ1) is 13.8. The number of phenolic OH excluding ortho intramolecular Hbond substituents is 1. The van der Waals surface area contributed by atoms with E-state index in [0.717, 1.165) is 17.6 Å². The number of methoxy groups -OCH3 is 1. The van der Waals surface area contributed by atoms with Crippen LogP contribution in [0.1, 0.15) is 6.92 Å². The molecular formula is C16H15ClN2O2. The van der Waals surface area contributed by atoms with Crippen LogP contribution in [0.15, 0.2) is 36.4 Å². The van der Waals surface area contributed by atoms with Crippen LogP contribution < -0.4 is 4.74 Å². The van der Waals surface area contributed by atoms with E-state index in [2.05, 4.69) is 4.98 Å². The van der Waals surface area contributed by atoms with Crippen LogP contribution in [0.4, 0.5) is 0 Å². The highest BCUT2D eigenvalue weighted by molar-refractivity contribution is 6.31. The Bertz CT molecular complexity index is 811. The van der Waals surface area contributed by atoms with E-state index in [4.69, 9.17) is 16.3 Å². The molecule has 0 aliphatic carbocycles. The molecule has 2 aromatic carbocycles. The van der Waals surface area contributed by atoms with Gasteiger partial charge in [0.25, 0.3) is 0 Å². The number of rotatable bonds is 3. The molecule has 0 radical (unpaired) electrons. The Balaban J connectivity index is 2.29. The fourth-order valence-corrected chi connectivity index (χ4v) is 2.61. The average Bonchev–Trinajstić information content (AvgIpc) is 2.85. The predicted octanol–water partition coefficient (Wildman–Crippen LogP) is 4.09. The standard InChI is InChI=1S/C16H15ClN2O2/c1-3-19-14-8-10(17)4-6-13(14)18-16(19)12-9-11(21-2)5-7-15(12)20/h4-9,20H,3H2,1-2H3. The molecular weight excluding hydrogens is 288 g/mol. The van der Waals surface area contributed by atoms with Gasteiger partial charge in [0.1, 0.15) is 17.3 Å². The maximum Gasteiger partial charge on any atom is 0.145 e. The molecule has 108 valence electrons. The Kier molecular flexibility index (Phi) is 3.47. The van der Waals surface area contributed by atoms with Gasteiger partial charge in [-0.25, -0.2) is 4.98 Å². The molecule has 4 nitrogen and oxygen atoms in total. The van der Waals surface area contributed by atoms with Crippen molar-refractivity contribution < 1.29 is 9.84 Å². The number of imidazole rings is 1. The van der Waals surface area contributed by atoms with Crippen molar-refractivity contribution in [2.75, 3.05) is 7.11 Å². The van der Waals surface area contributed by atoms with Crippen molar-refractivity contribution in [1.82, 2.24) is 9.55 Å². The Morgan fingerprint density at radius 2 is 2.05 bits per heavy atom. The maximum absolute atomic E-state index is 10.1. The molecule has 5 heteroatoms. The van der Waals surface area contributed by atoms with Crippen molar-refractivity contribution in [3.63, 3.8) is 0 Å². The molecule has 0 aliphatic rings. The highest BCUT2D eigenvalue weighted by Crippen LogP contribution is 2.34. The molecule has 0 fully saturated rings. The summed E-state index contributed by atoms with van der Waals surface area (Å²) in [5.41, 5.74) is 2.43. The number of hydrogen-bond acceptors (Lipinski definition) is 3. The van der Waals surface area contributed by atoms with E-state index in [0.29, 0.717) is 22.2 Å². The van der Waals surface area contributed by atoms with Crippen LogP contribution in [0, 0.1) is 0 Å². The number of phenols is 1. The third kappa shape index (κ3) is 2.32. The molecule has 1 N–H and O–H groups in total. The highest BCUT2D eigenvalue weighted by atomic mass is 35.5. The predicted molar refractivity (Wildman–Crippen MR) is 84.1 cm³/mol. The monoisotopic (exact) mass is 302 g/mol. The van der Waals surface area contributed by atoms with Gasteiger partial charge in [-0.2, -0.15) is 0 Å². The first-order valence-corrected chi connectivity index (χ1v) is 7.05. The van der Waals surface area contributed by atoms with E-state index >= 15 is 0 Å². The number of hydrogen-bond donors (Lipinski definition) is 1. The van der Waals surface area contributed by atoms with Gasteiger partial charge in [-0.1, -0.05) is 11.6 Å². The molecule has 0 atom stereocenters. The minimum absolute atomic E-state index is 0.173. The van der Waals surface area contributed by atoms with Crippen molar-refractivity contribution >= 4 is 22.6 Å². The summed E-state index contributed by atoms with van der Waals surface area (Å²) < 4.78 is 7.25. The van der Waals surface area contributed by atoms with Crippen LogP contribution in [0.25, 0.3) is 22.4 Å². The van der Waals surface area contributed by atoms with Gasteiger partial charge in [0.05, 0.1) is 23.7 Å². The second-order valence-corrected chi connectivity index (χ2v) is 5.13. The summed E-state index contributed by atoms with van der Waals surface area (Å²) in [4.78, 5) is 4.62. The van der Waals surface area contributed by atoms with Gasteiger partial charge >= 0.3 is 0 Å². The minimum Gasteiger partial charge on any atom is -0.507 e. The second kappa shape index (κ2) is 5.30. The topological polar surface area (TPSA) is 47.3 Å². The average molecular weight is 303 g/mol. The molecule has 3 aromatic rings. The summed E-state index contributed by atoms with van der Waals surface area (Å²) in [6.07, 6.45) is 0. The first-order chi connectivity index (χ1) is 10.1. The Hall–Kier alpha value is -2.20. The van der Waals surface area contributed by atoms with Gasteiger partial charge < -0.3 is 14.4 Å². The third-order valence-electron chi connectivity index (χ3n) is 3.47. The summed E-state index contributed by atoms with van der Waals surface area (Å²) in [6.45, 7) is 2.76. The number of nitrogens with zero attached hydrogens (tertiary/aromatic N) is 2. The zero-order valence-electron chi connectivity index (χ0n) is 11.8. The van der Waals surface area contributed by atoms with Crippen LogP contribution in [0.3, 0.4) is 0 Å². The van der Waals surface area contributed by atoms with E-state index in [-0.39, 0.29) is 5.75 Å². The molecule has 0 bridgehead atoms. The van der Waals surface area contributed by atoms with Gasteiger partial charge in [-0.3, -0.25) is 0 Å². The van der Waals surface area contributed by atoms with E-state index in [9.17, 15) is 5.11 Å². The van der Waals surface area contributed by atoms with Crippen LogP contribution in [-0.4, -0.2) is 21.8 Å². The number of aromatic nitrogens is 2. The molecule has 0 aliphatic heterocycles. The summed E-state index contributed by atoms with van der Waals surface area (Å²) in [7, 11) is 1.60. The first-order valence-electron chi connectivity index (χ1n) is 6.67. The lowest BCUT2D eigenvalue weighted by atomic mass is 10.1. The van der Waals surface area contributed by atoms with E-state index in [1.54, 1.807) is 25.3 Å². The maximum atomic E-state index is 10.1. The fraction of sp³-hybridized carbons (Fsp3) is 0.188. The zero-order chi connectivity index (χ0) is 15.0. The van der Waals surface area contributed by atoms with Crippen LogP contribution in [0.2, 0.25) is 5.02 Å². The lowest BCUT2D eigenvalue weighted by Gasteiger charge is -2.09. The van der Waals surface area contributed by atoms with Gasteiger partial charge in [0.2, 0.25) is 0 Å². The van der Waals surface area contributed by atoms with Crippen molar-refractivity contribution in [2.24, 2.45) is 0 Å². The summed E-state index contributed by atoms with van der Waals surface area (Å²) in [6, 6.07) is 10.7. The molecule has 0 saturated carbocycles.